The second-order valence-corrected chi connectivity index (χ2v) is 2.26. The third-order valence-electron chi connectivity index (χ3n) is 1.29. The normalized spacial score (nSPS) is 12.5. The lowest BCUT2D eigenvalue weighted by Gasteiger charge is -2.03. The lowest BCUT2D eigenvalue weighted by atomic mass is 10.3. The van der Waals surface area contributed by atoms with Crippen LogP contribution in [0.2, 0.25) is 0 Å². The standard InChI is InChI=1S/C9H13FN2O/c1-4-6-7(9(10)11-3)12-8(13)5-2/h4,6H,3,5H2,1-2H3,(H,12,13)/b6-4-,9-7+. The molecule has 0 aliphatic rings. The van der Waals surface area contributed by atoms with Gasteiger partial charge in [-0.1, -0.05) is 13.0 Å². The van der Waals surface area contributed by atoms with E-state index in [9.17, 15) is 9.18 Å². The van der Waals surface area contributed by atoms with E-state index in [1.807, 2.05) is 0 Å². The highest BCUT2D eigenvalue weighted by atomic mass is 19.1. The Labute approximate surface area is 77.1 Å². The summed E-state index contributed by atoms with van der Waals surface area (Å²) in [5, 5.41) is 2.36. The van der Waals surface area contributed by atoms with Crippen LogP contribution in [-0.2, 0) is 4.79 Å². The van der Waals surface area contributed by atoms with Crippen molar-refractivity contribution in [3.63, 3.8) is 0 Å². The molecule has 0 rings (SSSR count). The largest absolute Gasteiger partial charge is 0.322 e. The van der Waals surface area contributed by atoms with Gasteiger partial charge < -0.3 is 5.32 Å². The summed E-state index contributed by atoms with van der Waals surface area (Å²) in [6.45, 7) is 6.43. The fourth-order valence-corrected chi connectivity index (χ4v) is 0.652. The van der Waals surface area contributed by atoms with Gasteiger partial charge in [0.2, 0.25) is 11.9 Å². The molecule has 0 spiro atoms. The van der Waals surface area contributed by atoms with Gasteiger partial charge in [-0.05, 0) is 19.7 Å². The van der Waals surface area contributed by atoms with Gasteiger partial charge in [-0.15, -0.1) is 0 Å². The van der Waals surface area contributed by atoms with Crippen molar-refractivity contribution in [3.8, 4) is 0 Å². The number of aliphatic imine (C=N–C) groups is 1. The van der Waals surface area contributed by atoms with Crippen molar-refractivity contribution >= 4 is 12.6 Å². The summed E-state index contributed by atoms with van der Waals surface area (Å²) in [4.78, 5) is 14.0. The molecule has 0 saturated heterocycles. The fourth-order valence-electron chi connectivity index (χ4n) is 0.652. The first-order valence-corrected chi connectivity index (χ1v) is 3.94. The summed E-state index contributed by atoms with van der Waals surface area (Å²) in [5.41, 5.74) is 0.0457. The number of carbonyl (C=O) groups is 1. The van der Waals surface area contributed by atoms with Crippen molar-refractivity contribution in [1.29, 1.82) is 0 Å². The molecule has 0 aliphatic carbocycles. The van der Waals surface area contributed by atoms with Gasteiger partial charge in [-0.2, -0.15) is 4.39 Å². The van der Waals surface area contributed by atoms with Crippen LogP contribution >= 0.6 is 0 Å². The highest BCUT2D eigenvalue weighted by Gasteiger charge is 2.04. The van der Waals surface area contributed by atoms with Gasteiger partial charge in [0.1, 0.15) is 0 Å². The van der Waals surface area contributed by atoms with E-state index in [4.69, 9.17) is 0 Å². The summed E-state index contributed by atoms with van der Waals surface area (Å²) < 4.78 is 12.9. The van der Waals surface area contributed by atoms with E-state index in [1.54, 1.807) is 19.9 Å². The van der Waals surface area contributed by atoms with Crippen molar-refractivity contribution in [1.82, 2.24) is 5.32 Å². The quantitative estimate of drug-likeness (QED) is 0.405. The van der Waals surface area contributed by atoms with Gasteiger partial charge >= 0.3 is 0 Å². The molecule has 72 valence electrons. The average Bonchev–Trinajstić information content (AvgIpc) is 2.15. The monoisotopic (exact) mass is 184 g/mol. The molecule has 0 saturated carbocycles. The third kappa shape index (κ3) is 4.20. The van der Waals surface area contributed by atoms with E-state index >= 15 is 0 Å². The highest BCUT2D eigenvalue weighted by Crippen LogP contribution is 2.05. The topological polar surface area (TPSA) is 41.5 Å². The van der Waals surface area contributed by atoms with Crippen molar-refractivity contribution in [3.05, 3.63) is 23.8 Å². The first-order chi connectivity index (χ1) is 6.15. The Kier molecular flexibility index (Phi) is 5.43. The summed E-state index contributed by atoms with van der Waals surface area (Å²) in [5.74, 6) is -1.04. The Hall–Kier alpha value is -1.45. The fraction of sp³-hybridized carbons (Fsp3) is 0.333. The van der Waals surface area contributed by atoms with E-state index in [2.05, 4.69) is 17.0 Å². The van der Waals surface area contributed by atoms with Crippen molar-refractivity contribution in [2.75, 3.05) is 0 Å². The summed E-state index contributed by atoms with van der Waals surface area (Å²) >= 11 is 0. The van der Waals surface area contributed by atoms with Gasteiger partial charge in [0, 0.05) is 6.42 Å². The van der Waals surface area contributed by atoms with Crippen molar-refractivity contribution in [2.45, 2.75) is 20.3 Å². The number of allylic oxidation sites excluding steroid dienone is 2. The van der Waals surface area contributed by atoms with Gasteiger partial charge in [-0.25, -0.2) is 4.99 Å². The molecule has 0 bridgehead atoms. The van der Waals surface area contributed by atoms with Gasteiger partial charge in [0.15, 0.2) is 0 Å². The molecule has 0 fully saturated rings. The second-order valence-electron chi connectivity index (χ2n) is 2.26. The Morgan fingerprint density at radius 1 is 1.69 bits per heavy atom. The molecular weight excluding hydrogens is 171 g/mol. The molecule has 0 aromatic rings. The number of nitrogens with one attached hydrogen (secondary N) is 1. The van der Waals surface area contributed by atoms with Crippen LogP contribution in [0, 0.1) is 0 Å². The van der Waals surface area contributed by atoms with E-state index in [1.165, 1.54) is 6.08 Å². The third-order valence-corrected chi connectivity index (χ3v) is 1.29. The highest BCUT2D eigenvalue weighted by molar-refractivity contribution is 5.78. The number of hydrogen-bond donors (Lipinski definition) is 1. The molecule has 0 atom stereocenters. The van der Waals surface area contributed by atoms with Crippen LogP contribution < -0.4 is 5.32 Å². The van der Waals surface area contributed by atoms with Crippen molar-refractivity contribution in [2.24, 2.45) is 4.99 Å². The Morgan fingerprint density at radius 2 is 2.31 bits per heavy atom. The number of carbonyl (C=O) groups excluding carboxylic acids is 1. The SMILES string of the molecule is C=N/C(F)=C(\C=C/C)NC(=O)CC. The summed E-state index contributed by atoms with van der Waals surface area (Å²) in [7, 11) is 0. The van der Waals surface area contributed by atoms with Crippen LogP contribution in [0.4, 0.5) is 4.39 Å². The number of amides is 1. The zero-order chi connectivity index (χ0) is 10.3. The Morgan fingerprint density at radius 3 is 2.69 bits per heavy atom. The lowest BCUT2D eigenvalue weighted by molar-refractivity contribution is -0.120. The van der Waals surface area contributed by atoms with E-state index in [0.29, 0.717) is 6.42 Å². The maximum absolute atomic E-state index is 12.9. The minimum atomic E-state index is -0.778. The molecule has 0 aromatic carbocycles. The van der Waals surface area contributed by atoms with Crippen molar-refractivity contribution < 1.29 is 9.18 Å². The number of halogens is 1. The molecule has 0 aromatic heterocycles. The number of hydrogen-bond acceptors (Lipinski definition) is 2. The zero-order valence-corrected chi connectivity index (χ0v) is 7.80. The van der Waals surface area contributed by atoms with Crippen LogP contribution in [0.5, 0.6) is 0 Å². The van der Waals surface area contributed by atoms with Crippen LogP contribution in [0.1, 0.15) is 20.3 Å². The molecule has 0 aliphatic heterocycles. The zero-order valence-electron chi connectivity index (χ0n) is 7.80. The molecule has 1 N–H and O–H groups in total. The maximum atomic E-state index is 12.9. The number of rotatable bonds is 4. The van der Waals surface area contributed by atoms with Gasteiger partial charge in [-0.3, -0.25) is 4.79 Å². The van der Waals surface area contributed by atoms with E-state index < -0.39 is 5.95 Å². The molecule has 1 amide bonds. The first kappa shape index (κ1) is 11.6. The van der Waals surface area contributed by atoms with E-state index in [0.717, 1.165) is 0 Å². The second kappa shape index (κ2) is 6.11. The van der Waals surface area contributed by atoms with E-state index in [-0.39, 0.29) is 11.6 Å². The molecule has 0 heterocycles. The number of nitrogens with zero attached hydrogens (tertiary/aromatic N) is 1. The van der Waals surface area contributed by atoms with Crippen LogP contribution in [0.15, 0.2) is 28.8 Å². The molecule has 3 nitrogen and oxygen atoms in total. The Bertz CT molecular complexity index is 256. The smallest absolute Gasteiger partial charge is 0.236 e. The maximum Gasteiger partial charge on any atom is 0.236 e. The molecular formula is C9H13FN2O. The van der Waals surface area contributed by atoms with Gasteiger partial charge in [0.05, 0.1) is 5.70 Å². The predicted octanol–water partition coefficient (Wildman–Crippen LogP) is 1.93. The lowest BCUT2D eigenvalue weighted by Crippen LogP contribution is -2.21. The summed E-state index contributed by atoms with van der Waals surface area (Å²) in [6, 6.07) is 0. The minimum absolute atomic E-state index is 0.0457. The van der Waals surface area contributed by atoms with Crippen LogP contribution in [0.25, 0.3) is 0 Å². The van der Waals surface area contributed by atoms with Gasteiger partial charge in [0.25, 0.3) is 0 Å². The molecule has 13 heavy (non-hydrogen) atoms. The molecule has 0 unspecified atom stereocenters. The van der Waals surface area contributed by atoms with Crippen LogP contribution in [-0.4, -0.2) is 12.6 Å². The summed E-state index contributed by atoms with van der Waals surface area (Å²) in [6.07, 6.45) is 3.33. The average molecular weight is 184 g/mol. The predicted molar refractivity (Wildman–Crippen MR) is 50.9 cm³/mol. The van der Waals surface area contributed by atoms with Crippen LogP contribution in [0.3, 0.4) is 0 Å². The molecule has 0 radical (unpaired) electrons. The molecule has 4 heteroatoms. The Balaban J connectivity index is 4.63. The minimum Gasteiger partial charge on any atom is -0.322 e. The first-order valence-electron chi connectivity index (χ1n) is 3.94.